The molecule has 2 aromatic heterocycles. The normalized spacial score (nSPS) is 10.7. The zero-order chi connectivity index (χ0) is 17.2. The zero-order valence-corrected chi connectivity index (χ0v) is 13.1. The second-order valence-electron chi connectivity index (χ2n) is 5.61. The number of nitrogens with one attached hydrogen (secondary N) is 2. The number of hydrogen-bond acceptors (Lipinski definition) is 3. The quantitative estimate of drug-likeness (QED) is 0.563. The van der Waals surface area contributed by atoms with Crippen LogP contribution in [-0.2, 0) is 0 Å². The van der Waals surface area contributed by atoms with Crippen molar-refractivity contribution in [1.29, 1.82) is 0 Å². The molecule has 2 aromatic carbocycles. The molecule has 6 heteroatoms. The highest BCUT2D eigenvalue weighted by Crippen LogP contribution is 2.17. The summed E-state index contributed by atoms with van der Waals surface area (Å²) in [7, 11) is 0. The summed E-state index contributed by atoms with van der Waals surface area (Å²) >= 11 is 0. The van der Waals surface area contributed by atoms with E-state index in [9.17, 15) is 9.59 Å². The van der Waals surface area contributed by atoms with Gasteiger partial charge in [0.15, 0.2) is 0 Å². The molecule has 4 rings (SSSR count). The molecule has 0 saturated heterocycles. The monoisotopic (exact) mass is 330 g/mol. The fourth-order valence-electron chi connectivity index (χ4n) is 2.66. The van der Waals surface area contributed by atoms with Crippen molar-refractivity contribution < 1.29 is 9.59 Å². The summed E-state index contributed by atoms with van der Waals surface area (Å²) in [6.45, 7) is 0. The van der Waals surface area contributed by atoms with Crippen molar-refractivity contribution >= 4 is 28.8 Å². The summed E-state index contributed by atoms with van der Waals surface area (Å²) in [5.41, 5.74) is 3.28. The molecule has 6 nitrogen and oxygen atoms in total. The third-order valence-electron chi connectivity index (χ3n) is 3.89. The van der Waals surface area contributed by atoms with Crippen LogP contribution in [0.25, 0.3) is 16.6 Å². The minimum absolute atomic E-state index is 0.239. The zero-order valence-electron chi connectivity index (χ0n) is 13.1. The lowest BCUT2D eigenvalue weighted by Gasteiger charge is -2.02. The van der Waals surface area contributed by atoms with Crippen molar-refractivity contribution in [2.75, 3.05) is 5.32 Å². The summed E-state index contributed by atoms with van der Waals surface area (Å²) in [6.07, 6.45) is 4.05. The Morgan fingerprint density at radius 1 is 1.12 bits per heavy atom. The highest BCUT2D eigenvalue weighted by atomic mass is 16.1. The molecule has 0 atom stereocenters. The molecule has 0 unspecified atom stereocenters. The van der Waals surface area contributed by atoms with Gasteiger partial charge in [-0.25, -0.2) is 4.68 Å². The molecule has 0 aliphatic heterocycles. The predicted molar refractivity (Wildman–Crippen MR) is 95.2 cm³/mol. The molecule has 0 aliphatic rings. The first-order valence-electron chi connectivity index (χ1n) is 7.72. The number of aromatic amines is 1. The van der Waals surface area contributed by atoms with Gasteiger partial charge in [-0.15, -0.1) is 0 Å². The van der Waals surface area contributed by atoms with Crippen LogP contribution in [0.3, 0.4) is 0 Å². The SMILES string of the molecule is O=Cc1cccc(-n2cc(NC(=O)c3cc4ccccc4[nH]3)cn2)c1. The number of anilines is 1. The summed E-state index contributed by atoms with van der Waals surface area (Å²) < 4.78 is 1.60. The summed E-state index contributed by atoms with van der Waals surface area (Å²) in [4.78, 5) is 26.4. The number of benzene rings is 2. The molecule has 4 aromatic rings. The minimum atomic E-state index is -0.239. The average Bonchev–Trinajstić information content (AvgIpc) is 3.28. The first-order valence-corrected chi connectivity index (χ1v) is 7.72. The van der Waals surface area contributed by atoms with Crippen molar-refractivity contribution in [1.82, 2.24) is 14.8 Å². The molecule has 0 bridgehead atoms. The van der Waals surface area contributed by atoms with Crippen LogP contribution in [0.5, 0.6) is 0 Å². The molecule has 2 heterocycles. The van der Waals surface area contributed by atoms with E-state index in [-0.39, 0.29) is 5.91 Å². The Morgan fingerprint density at radius 3 is 2.84 bits per heavy atom. The molecule has 0 spiro atoms. The van der Waals surface area contributed by atoms with Gasteiger partial charge >= 0.3 is 0 Å². The van der Waals surface area contributed by atoms with Crippen LogP contribution in [-0.4, -0.2) is 27.0 Å². The van der Waals surface area contributed by atoms with E-state index in [4.69, 9.17) is 0 Å². The van der Waals surface area contributed by atoms with Gasteiger partial charge in [-0.2, -0.15) is 5.10 Å². The average molecular weight is 330 g/mol. The van der Waals surface area contributed by atoms with Crippen molar-refractivity contribution in [3.05, 3.63) is 78.2 Å². The number of carbonyl (C=O) groups is 2. The van der Waals surface area contributed by atoms with Gasteiger partial charge in [0.25, 0.3) is 5.91 Å². The first kappa shape index (κ1) is 14.9. The molecule has 0 fully saturated rings. The van der Waals surface area contributed by atoms with Gasteiger partial charge in [-0.1, -0.05) is 30.3 Å². The van der Waals surface area contributed by atoms with Gasteiger partial charge in [0, 0.05) is 16.5 Å². The van der Waals surface area contributed by atoms with Gasteiger partial charge in [0.1, 0.15) is 12.0 Å². The van der Waals surface area contributed by atoms with E-state index in [0.717, 1.165) is 22.9 Å². The molecule has 25 heavy (non-hydrogen) atoms. The molecular formula is C19H14N4O2. The molecule has 0 saturated carbocycles. The molecule has 0 radical (unpaired) electrons. The molecular weight excluding hydrogens is 316 g/mol. The fourth-order valence-corrected chi connectivity index (χ4v) is 2.66. The van der Waals surface area contributed by atoms with Crippen LogP contribution < -0.4 is 5.32 Å². The summed E-state index contributed by atoms with van der Waals surface area (Å²) in [5.74, 6) is -0.239. The third-order valence-corrected chi connectivity index (χ3v) is 3.89. The molecule has 122 valence electrons. The minimum Gasteiger partial charge on any atom is -0.351 e. The van der Waals surface area contributed by atoms with Crippen LogP contribution in [0.4, 0.5) is 5.69 Å². The number of aldehydes is 1. The van der Waals surface area contributed by atoms with E-state index >= 15 is 0 Å². The van der Waals surface area contributed by atoms with Crippen LogP contribution >= 0.6 is 0 Å². The number of nitrogens with zero attached hydrogens (tertiary/aromatic N) is 2. The highest BCUT2D eigenvalue weighted by molar-refractivity contribution is 6.05. The second-order valence-corrected chi connectivity index (χ2v) is 5.61. The number of hydrogen-bond donors (Lipinski definition) is 2. The van der Waals surface area contributed by atoms with Crippen molar-refractivity contribution in [3.63, 3.8) is 0 Å². The lowest BCUT2D eigenvalue weighted by atomic mass is 10.2. The maximum atomic E-state index is 12.4. The third kappa shape index (κ3) is 2.92. The Balaban J connectivity index is 1.56. The standard InChI is InChI=1S/C19H14N4O2/c24-12-13-4-3-6-16(8-13)23-11-15(10-20-23)21-19(25)18-9-14-5-1-2-7-17(14)22-18/h1-12,22H,(H,21,25). The van der Waals surface area contributed by atoms with Crippen LogP contribution in [0.15, 0.2) is 67.0 Å². The Morgan fingerprint density at radius 2 is 2.00 bits per heavy atom. The van der Waals surface area contributed by atoms with Gasteiger partial charge in [0.05, 0.1) is 23.8 Å². The van der Waals surface area contributed by atoms with E-state index in [1.54, 1.807) is 35.3 Å². The van der Waals surface area contributed by atoms with Crippen molar-refractivity contribution in [3.8, 4) is 5.69 Å². The van der Waals surface area contributed by atoms with Crippen molar-refractivity contribution in [2.45, 2.75) is 0 Å². The lowest BCUT2D eigenvalue weighted by molar-refractivity contribution is 0.102. The maximum Gasteiger partial charge on any atom is 0.272 e. The van der Waals surface area contributed by atoms with Gasteiger partial charge in [0.2, 0.25) is 0 Å². The van der Waals surface area contributed by atoms with Crippen LogP contribution in [0, 0.1) is 0 Å². The molecule has 1 amide bonds. The Hall–Kier alpha value is -3.67. The molecule has 0 aliphatic carbocycles. The van der Waals surface area contributed by atoms with E-state index < -0.39 is 0 Å². The maximum absolute atomic E-state index is 12.4. The Labute approximate surface area is 143 Å². The topological polar surface area (TPSA) is 79.8 Å². The van der Waals surface area contributed by atoms with Gasteiger partial charge < -0.3 is 10.3 Å². The molecule has 2 N–H and O–H groups in total. The first-order chi connectivity index (χ1) is 12.2. The highest BCUT2D eigenvalue weighted by Gasteiger charge is 2.11. The van der Waals surface area contributed by atoms with E-state index in [2.05, 4.69) is 15.4 Å². The number of H-pyrrole nitrogens is 1. The largest absolute Gasteiger partial charge is 0.351 e. The van der Waals surface area contributed by atoms with Crippen molar-refractivity contribution in [2.24, 2.45) is 0 Å². The summed E-state index contributed by atoms with van der Waals surface area (Å²) in [5, 5.41) is 8.02. The van der Waals surface area contributed by atoms with E-state index in [1.807, 2.05) is 36.4 Å². The van der Waals surface area contributed by atoms with Crippen LogP contribution in [0.2, 0.25) is 0 Å². The predicted octanol–water partition coefficient (Wildman–Crippen LogP) is 3.42. The Kier molecular flexibility index (Phi) is 3.63. The lowest BCUT2D eigenvalue weighted by Crippen LogP contribution is -2.11. The van der Waals surface area contributed by atoms with Gasteiger partial charge in [-0.05, 0) is 24.3 Å². The number of aromatic nitrogens is 3. The number of amides is 1. The number of rotatable bonds is 4. The smallest absolute Gasteiger partial charge is 0.272 e. The van der Waals surface area contributed by atoms with E-state index in [1.165, 1.54) is 0 Å². The fraction of sp³-hybridized carbons (Fsp3) is 0. The summed E-state index contributed by atoms with van der Waals surface area (Å²) in [6, 6.07) is 16.6. The Bertz CT molecular complexity index is 1040. The second kappa shape index (κ2) is 6.09. The van der Waals surface area contributed by atoms with E-state index in [0.29, 0.717) is 16.9 Å². The number of para-hydroxylation sites is 1. The van der Waals surface area contributed by atoms with Gasteiger partial charge in [-0.3, -0.25) is 9.59 Å². The van der Waals surface area contributed by atoms with Crippen LogP contribution in [0.1, 0.15) is 20.8 Å². The number of fused-ring (bicyclic) bond motifs is 1. The number of carbonyl (C=O) groups excluding carboxylic acids is 2.